The molecule has 0 amide bonds. The smallest absolute Gasteiger partial charge is 0.267 e. The highest BCUT2D eigenvalue weighted by atomic mass is 16.2. The number of fused-ring (bicyclic) bond motifs is 1. The second-order valence-corrected chi connectivity index (χ2v) is 8.39. The molecule has 0 radical (unpaired) electrons. The van der Waals surface area contributed by atoms with Crippen molar-refractivity contribution in [3.8, 4) is 11.5 Å². The minimum absolute atomic E-state index is 0.0451. The SMILES string of the molecule is CC(C)c1nc2c(=O)n(C3CCCCC3)c(=O)nc-2n(C2CCCCC2)n1. The van der Waals surface area contributed by atoms with Gasteiger partial charge in [-0.2, -0.15) is 10.1 Å². The lowest BCUT2D eigenvalue weighted by Crippen LogP contribution is -2.42. The molecule has 0 atom stereocenters. The molecule has 0 N–H and O–H groups in total. The first-order chi connectivity index (χ1) is 13.1. The zero-order valence-corrected chi connectivity index (χ0v) is 16.4. The number of aromatic nitrogens is 5. The van der Waals surface area contributed by atoms with Gasteiger partial charge in [0.1, 0.15) is 0 Å². The van der Waals surface area contributed by atoms with Crippen molar-refractivity contribution in [3.63, 3.8) is 0 Å². The van der Waals surface area contributed by atoms with Gasteiger partial charge in [-0.3, -0.25) is 9.36 Å². The van der Waals surface area contributed by atoms with Gasteiger partial charge >= 0.3 is 5.69 Å². The van der Waals surface area contributed by atoms with E-state index in [1.807, 2.05) is 18.5 Å². The van der Waals surface area contributed by atoms with Crippen molar-refractivity contribution < 1.29 is 0 Å². The van der Waals surface area contributed by atoms with E-state index in [9.17, 15) is 9.59 Å². The Morgan fingerprint density at radius 1 is 0.852 bits per heavy atom. The van der Waals surface area contributed by atoms with Crippen LogP contribution in [0.15, 0.2) is 9.59 Å². The van der Waals surface area contributed by atoms with E-state index in [1.165, 1.54) is 17.4 Å². The molecule has 2 fully saturated rings. The summed E-state index contributed by atoms with van der Waals surface area (Å²) in [6.07, 6.45) is 10.5. The van der Waals surface area contributed by atoms with Crippen molar-refractivity contribution in [3.05, 3.63) is 26.7 Å². The van der Waals surface area contributed by atoms with Crippen molar-refractivity contribution in [1.29, 1.82) is 0 Å². The summed E-state index contributed by atoms with van der Waals surface area (Å²) in [6, 6.07) is 0.148. The molecule has 2 aliphatic carbocycles. The van der Waals surface area contributed by atoms with Gasteiger partial charge in [0.2, 0.25) is 0 Å². The van der Waals surface area contributed by atoms with E-state index in [0.29, 0.717) is 17.3 Å². The Bertz CT molecular complexity index is 888. The van der Waals surface area contributed by atoms with Gasteiger partial charge in [-0.15, -0.1) is 0 Å². The maximum absolute atomic E-state index is 13.3. The summed E-state index contributed by atoms with van der Waals surface area (Å²) in [5, 5.41) is 4.70. The minimum Gasteiger partial charge on any atom is -0.267 e. The molecule has 0 aromatic heterocycles. The van der Waals surface area contributed by atoms with E-state index in [4.69, 9.17) is 5.10 Å². The molecule has 2 saturated carbocycles. The zero-order valence-electron chi connectivity index (χ0n) is 16.4. The van der Waals surface area contributed by atoms with Crippen LogP contribution >= 0.6 is 0 Å². The van der Waals surface area contributed by atoms with Crippen LogP contribution in [0.5, 0.6) is 0 Å². The van der Waals surface area contributed by atoms with E-state index in [2.05, 4.69) is 9.97 Å². The van der Waals surface area contributed by atoms with Crippen molar-refractivity contribution in [1.82, 2.24) is 24.3 Å². The fourth-order valence-electron chi connectivity index (χ4n) is 4.53. The van der Waals surface area contributed by atoms with Crippen LogP contribution in [0.3, 0.4) is 0 Å². The summed E-state index contributed by atoms with van der Waals surface area (Å²) in [6.45, 7) is 4.06. The quantitative estimate of drug-likeness (QED) is 0.825. The first-order valence-corrected chi connectivity index (χ1v) is 10.5. The lowest BCUT2D eigenvalue weighted by atomic mass is 9.95. The predicted molar refractivity (Wildman–Crippen MR) is 103 cm³/mol. The average molecular weight is 371 g/mol. The van der Waals surface area contributed by atoms with Gasteiger partial charge in [0.15, 0.2) is 17.3 Å². The van der Waals surface area contributed by atoms with Gasteiger partial charge in [0, 0.05) is 12.0 Å². The maximum Gasteiger partial charge on any atom is 0.352 e. The van der Waals surface area contributed by atoms with Gasteiger partial charge in [-0.1, -0.05) is 52.4 Å². The molecule has 0 aromatic rings. The summed E-state index contributed by atoms with van der Waals surface area (Å²) in [5.41, 5.74) is -0.417. The highest BCUT2D eigenvalue weighted by molar-refractivity contribution is 5.48. The fourth-order valence-corrected chi connectivity index (χ4v) is 4.53. The number of hydrogen-bond acceptors (Lipinski definition) is 5. The molecule has 7 heteroatoms. The van der Waals surface area contributed by atoms with E-state index in [1.54, 1.807) is 0 Å². The number of rotatable bonds is 3. The molecule has 27 heavy (non-hydrogen) atoms. The third-order valence-electron chi connectivity index (χ3n) is 6.07. The first-order valence-electron chi connectivity index (χ1n) is 10.5. The molecule has 0 saturated heterocycles. The van der Waals surface area contributed by atoms with Crippen LogP contribution in [0, 0.1) is 0 Å². The highest BCUT2D eigenvalue weighted by Crippen LogP contribution is 2.31. The Kier molecular flexibility index (Phi) is 5.10. The largest absolute Gasteiger partial charge is 0.352 e. The normalized spacial score (nSPS) is 19.8. The second kappa shape index (κ2) is 7.52. The lowest BCUT2D eigenvalue weighted by molar-refractivity contribution is 0.314. The standard InChI is InChI=1S/C20H29N5O2/c1-13(2)17-21-16-18(25(23-17)15-11-7-4-8-12-15)22-20(27)24(19(16)26)14-9-5-3-6-10-14/h13-15H,3-12H2,1-2H3. The van der Waals surface area contributed by atoms with E-state index in [-0.39, 0.29) is 23.6 Å². The monoisotopic (exact) mass is 371 g/mol. The van der Waals surface area contributed by atoms with Gasteiger partial charge in [0.25, 0.3) is 5.56 Å². The molecule has 4 rings (SSSR count). The van der Waals surface area contributed by atoms with Crippen LogP contribution in [0.1, 0.15) is 102 Å². The fraction of sp³-hybridized carbons (Fsp3) is 0.750. The molecule has 0 bridgehead atoms. The Morgan fingerprint density at radius 2 is 1.44 bits per heavy atom. The van der Waals surface area contributed by atoms with Crippen molar-refractivity contribution in [2.24, 2.45) is 0 Å². The Labute approximate surface area is 159 Å². The molecule has 146 valence electrons. The van der Waals surface area contributed by atoms with Gasteiger partial charge in [-0.05, 0) is 25.7 Å². The van der Waals surface area contributed by atoms with Crippen molar-refractivity contribution >= 4 is 0 Å². The Balaban J connectivity index is 1.91. The molecular weight excluding hydrogens is 342 g/mol. The van der Waals surface area contributed by atoms with Gasteiger partial charge in [0.05, 0.1) is 6.04 Å². The summed E-state index contributed by atoms with van der Waals surface area (Å²) >= 11 is 0. The molecular formula is C20H29N5O2. The molecule has 0 aromatic carbocycles. The van der Waals surface area contributed by atoms with Crippen LogP contribution in [0.4, 0.5) is 0 Å². The first kappa shape index (κ1) is 18.3. The Hall–Kier alpha value is -2.05. The third-order valence-corrected chi connectivity index (χ3v) is 6.07. The number of hydrogen-bond donors (Lipinski definition) is 0. The molecule has 7 nitrogen and oxygen atoms in total. The van der Waals surface area contributed by atoms with Crippen LogP contribution in [-0.4, -0.2) is 24.3 Å². The molecule has 4 aliphatic rings. The second-order valence-electron chi connectivity index (χ2n) is 8.39. The highest BCUT2D eigenvalue weighted by Gasteiger charge is 2.29. The molecule has 0 spiro atoms. The van der Waals surface area contributed by atoms with Gasteiger partial charge < -0.3 is 0 Å². The van der Waals surface area contributed by atoms with Crippen LogP contribution in [0.2, 0.25) is 0 Å². The summed E-state index contributed by atoms with van der Waals surface area (Å²) < 4.78 is 3.20. The Morgan fingerprint density at radius 3 is 2.04 bits per heavy atom. The van der Waals surface area contributed by atoms with Crippen LogP contribution in [0.25, 0.3) is 11.5 Å². The zero-order chi connectivity index (χ0) is 19.0. The predicted octanol–water partition coefficient (Wildman–Crippen LogP) is 3.43. The van der Waals surface area contributed by atoms with Gasteiger partial charge in [-0.25, -0.2) is 14.5 Å². The van der Waals surface area contributed by atoms with E-state index < -0.39 is 5.69 Å². The van der Waals surface area contributed by atoms with Crippen LogP contribution in [-0.2, 0) is 0 Å². The number of nitrogens with zero attached hydrogens (tertiary/aromatic N) is 5. The topological polar surface area (TPSA) is 82.7 Å². The molecule has 2 aliphatic heterocycles. The minimum atomic E-state index is -0.440. The summed E-state index contributed by atoms with van der Waals surface area (Å²) in [7, 11) is 0. The summed E-state index contributed by atoms with van der Waals surface area (Å²) in [4.78, 5) is 35.0. The average Bonchev–Trinajstić information content (AvgIpc) is 2.69. The third kappa shape index (κ3) is 3.44. The maximum atomic E-state index is 13.3. The van der Waals surface area contributed by atoms with Crippen molar-refractivity contribution in [2.75, 3.05) is 0 Å². The van der Waals surface area contributed by atoms with Crippen LogP contribution < -0.4 is 11.2 Å². The molecule has 2 heterocycles. The molecule has 0 unspecified atom stereocenters. The van der Waals surface area contributed by atoms with Crippen molar-refractivity contribution in [2.45, 2.75) is 96.1 Å². The van der Waals surface area contributed by atoms with E-state index in [0.717, 1.165) is 51.4 Å². The van der Waals surface area contributed by atoms with E-state index >= 15 is 0 Å². The summed E-state index contributed by atoms with van der Waals surface area (Å²) in [5.74, 6) is 1.13. The lowest BCUT2D eigenvalue weighted by Gasteiger charge is -2.28.